The average Bonchev–Trinajstić information content (AvgIpc) is 2.74. The molecule has 0 aliphatic carbocycles. The zero-order valence-electron chi connectivity index (χ0n) is 15.6. The van der Waals surface area contributed by atoms with Crippen LogP contribution in [0.2, 0.25) is 0 Å². The summed E-state index contributed by atoms with van der Waals surface area (Å²) in [5.41, 5.74) is 1.69. The lowest BCUT2D eigenvalue weighted by atomic mass is 9.96. The van der Waals surface area contributed by atoms with Crippen molar-refractivity contribution in [1.82, 2.24) is 0 Å². The summed E-state index contributed by atoms with van der Waals surface area (Å²) in [7, 11) is 0. The Balaban J connectivity index is 1.55. The van der Waals surface area contributed by atoms with Gasteiger partial charge in [0.1, 0.15) is 47.8 Å². The maximum absolute atomic E-state index is 10.4. The lowest BCUT2D eigenvalue weighted by Gasteiger charge is -2.39. The third-order valence-corrected chi connectivity index (χ3v) is 5.36. The first-order valence-corrected chi connectivity index (χ1v) is 9.52. The number of benzene rings is 2. The molecule has 0 spiro atoms. The van der Waals surface area contributed by atoms with Crippen LogP contribution in [0, 0.1) is 0 Å². The van der Waals surface area contributed by atoms with Gasteiger partial charge in [0.25, 0.3) is 0 Å². The summed E-state index contributed by atoms with van der Waals surface area (Å²) >= 11 is 0. The molecule has 0 radical (unpaired) electrons. The van der Waals surface area contributed by atoms with E-state index in [-0.39, 0.29) is 17.6 Å². The van der Waals surface area contributed by atoms with Gasteiger partial charge in [-0.25, -0.2) is 0 Å². The molecule has 4 rings (SSSR count). The quantitative estimate of drug-likeness (QED) is 0.502. The van der Waals surface area contributed by atoms with E-state index in [2.05, 4.69) is 0 Å². The summed E-state index contributed by atoms with van der Waals surface area (Å²) in [6, 6.07) is 12.7. The highest BCUT2D eigenvalue weighted by atomic mass is 16.7. The van der Waals surface area contributed by atoms with Crippen LogP contribution in [0.3, 0.4) is 0 Å². The number of aliphatic hydroxyl groups is 4. The predicted molar refractivity (Wildman–Crippen MR) is 101 cm³/mol. The van der Waals surface area contributed by atoms with Crippen molar-refractivity contribution in [2.45, 2.75) is 49.7 Å². The minimum Gasteiger partial charge on any atom is -0.507 e. The van der Waals surface area contributed by atoms with Gasteiger partial charge >= 0.3 is 0 Å². The average molecular weight is 404 g/mol. The molecule has 0 aromatic heterocycles. The first-order chi connectivity index (χ1) is 14.0. The maximum Gasteiger partial charge on any atom is 0.229 e. The molecule has 0 amide bonds. The van der Waals surface area contributed by atoms with Crippen LogP contribution in [-0.2, 0) is 11.2 Å². The van der Waals surface area contributed by atoms with Gasteiger partial charge in [-0.3, -0.25) is 0 Å². The summed E-state index contributed by atoms with van der Waals surface area (Å²) in [4.78, 5) is 0. The van der Waals surface area contributed by atoms with Crippen LogP contribution >= 0.6 is 0 Å². The number of phenolic OH excluding ortho intramolecular Hbond substituents is 1. The first-order valence-electron chi connectivity index (χ1n) is 9.52. The zero-order chi connectivity index (χ0) is 20.5. The fourth-order valence-electron chi connectivity index (χ4n) is 3.72. The summed E-state index contributed by atoms with van der Waals surface area (Å²) in [5.74, 6) is 0.623. The molecule has 2 aliphatic rings. The van der Waals surface area contributed by atoms with E-state index in [0.717, 1.165) is 12.0 Å². The number of hydrogen-bond donors (Lipinski definition) is 5. The van der Waals surface area contributed by atoms with Crippen molar-refractivity contribution in [2.24, 2.45) is 0 Å². The minimum atomic E-state index is -1.55. The molecule has 0 saturated carbocycles. The second-order valence-electron chi connectivity index (χ2n) is 7.29. The molecule has 2 aromatic rings. The lowest BCUT2D eigenvalue weighted by Crippen LogP contribution is -2.60. The Labute approximate surface area is 167 Å². The van der Waals surface area contributed by atoms with Crippen LogP contribution < -0.4 is 9.47 Å². The van der Waals surface area contributed by atoms with Gasteiger partial charge in [-0.05, 0) is 18.4 Å². The number of phenols is 1. The van der Waals surface area contributed by atoms with Gasteiger partial charge in [-0.1, -0.05) is 30.3 Å². The van der Waals surface area contributed by atoms with Crippen molar-refractivity contribution in [2.75, 3.05) is 6.61 Å². The molecule has 8 nitrogen and oxygen atoms in total. The minimum absolute atomic E-state index is 0.00592. The van der Waals surface area contributed by atoms with Crippen LogP contribution in [0.1, 0.15) is 23.7 Å². The van der Waals surface area contributed by atoms with Crippen molar-refractivity contribution in [3.8, 4) is 17.2 Å². The fraction of sp³-hybridized carbons (Fsp3) is 0.429. The number of rotatable bonds is 4. The van der Waals surface area contributed by atoms with Crippen LogP contribution in [0.25, 0.3) is 0 Å². The van der Waals surface area contributed by atoms with E-state index in [1.165, 1.54) is 6.07 Å². The summed E-state index contributed by atoms with van der Waals surface area (Å²) < 4.78 is 17.0. The van der Waals surface area contributed by atoms with Crippen molar-refractivity contribution in [1.29, 1.82) is 0 Å². The monoisotopic (exact) mass is 404 g/mol. The standard InChI is InChI=1S/C21H24O8/c22-10-17-18(24)19(25)20(26)21(29-17)27-12-8-14(23)13-6-7-15(28-16(13)9-12)11-4-2-1-3-5-11/h1-5,8-9,15,17-26H,6-7,10H2/t15-,17-,18-,19+,20-,21-/m1/s1. The van der Waals surface area contributed by atoms with Gasteiger partial charge in [0.05, 0.1) is 6.61 Å². The fourth-order valence-corrected chi connectivity index (χ4v) is 3.72. The lowest BCUT2D eigenvalue weighted by molar-refractivity contribution is -0.277. The van der Waals surface area contributed by atoms with E-state index in [1.54, 1.807) is 6.07 Å². The second kappa shape index (κ2) is 8.17. The van der Waals surface area contributed by atoms with Gasteiger partial charge < -0.3 is 39.7 Å². The third kappa shape index (κ3) is 3.90. The number of fused-ring (bicyclic) bond motifs is 1. The molecule has 2 aliphatic heterocycles. The van der Waals surface area contributed by atoms with E-state index >= 15 is 0 Å². The summed E-state index contributed by atoms with van der Waals surface area (Å²) in [6.07, 6.45) is -5.79. The van der Waals surface area contributed by atoms with Crippen LogP contribution in [-0.4, -0.2) is 62.8 Å². The van der Waals surface area contributed by atoms with Gasteiger partial charge in [-0.2, -0.15) is 0 Å². The van der Waals surface area contributed by atoms with E-state index < -0.39 is 37.3 Å². The highest BCUT2D eigenvalue weighted by Crippen LogP contribution is 2.42. The summed E-state index contributed by atoms with van der Waals surface area (Å²) in [5, 5.41) is 49.6. The van der Waals surface area contributed by atoms with E-state index in [0.29, 0.717) is 17.7 Å². The molecule has 1 fully saturated rings. The third-order valence-electron chi connectivity index (χ3n) is 5.36. The molecule has 6 atom stereocenters. The molecular formula is C21H24O8. The topological polar surface area (TPSA) is 129 Å². The normalized spacial score (nSPS) is 31.6. The van der Waals surface area contributed by atoms with Crippen LogP contribution in [0.5, 0.6) is 17.2 Å². The summed E-state index contributed by atoms with van der Waals surface area (Å²) in [6.45, 7) is -0.553. The predicted octanol–water partition coefficient (Wildman–Crippen LogP) is 0.637. The highest BCUT2D eigenvalue weighted by Gasteiger charge is 2.44. The number of hydrogen-bond acceptors (Lipinski definition) is 8. The Bertz CT molecular complexity index is 840. The van der Waals surface area contributed by atoms with Crippen LogP contribution in [0.4, 0.5) is 0 Å². The largest absolute Gasteiger partial charge is 0.507 e. The number of aromatic hydroxyl groups is 1. The Morgan fingerprint density at radius 2 is 1.76 bits per heavy atom. The molecular weight excluding hydrogens is 380 g/mol. The SMILES string of the molecule is OC[C@H]1O[C@@H](Oc2cc(O)c3c(c2)O[C@@H](c2ccccc2)CC3)[C@H](O)[C@@H](O)[C@@H]1O. The van der Waals surface area contributed by atoms with Crippen molar-refractivity contribution in [3.05, 3.63) is 53.6 Å². The molecule has 2 aromatic carbocycles. The smallest absolute Gasteiger partial charge is 0.229 e. The molecule has 0 bridgehead atoms. The number of aliphatic hydroxyl groups excluding tert-OH is 4. The van der Waals surface area contributed by atoms with Crippen molar-refractivity contribution < 1.29 is 39.7 Å². The van der Waals surface area contributed by atoms with E-state index in [9.17, 15) is 25.5 Å². The van der Waals surface area contributed by atoms with Gasteiger partial charge in [-0.15, -0.1) is 0 Å². The molecule has 156 valence electrons. The Morgan fingerprint density at radius 1 is 1.00 bits per heavy atom. The van der Waals surface area contributed by atoms with Crippen molar-refractivity contribution >= 4 is 0 Å². The highest BCUT2D eigenvalue weighted by molar-refractivity contribution is 5.51. The van der Waals surface area contributed by atoms with Gasteiger partial charge in [0.15, 0.2) is 0 Å². The Morgan fingerprint density at radius 3 is 2.48 bits per heavy atom. The zero-order valence-corrected chi connectivity index (χ0v) is 15.6. The molecule has 29 heavy (non-hydrogen) atoms. The number of ether oxygens (including phenoxy) is 3. The molecule has 5 N–H and O–H groups in total. The Hall–Kier alpha value is -2.36. The van der Waals surface area contributed by atoms with Crippen LogP contribution in [0.15, 0.2) is 42.5 Å². The van der Waals surface area contributed by atoms with Gasteiger partial charge in [0, 0.05) is 17.7 Å². The molecule has 0 unspecified atom stereocenters. The molecule has 1 saturated heterocycles. The molecule has 2 heterocycles. The van der Waals surface area contributed by atoms with E-state index in [4.69, 9.17) is 14.2 Å². The van der Waals surface area contributed by atoms with Gasteiger partial charge in [0.2, 0.25) is 6.29 Å². The second-order valence-corrected chi connectivity index (χ2v) is 7.29. The molecule has 8 heteroatoms. The Kier molecular flexibility index (Phi) is 5.62. The first kappa shape index (κ1) is 19.9. The maximum atomic E-state index is 10.4. The van der Waals surface area contributed by atoms with E-state index in [1.807, 2.05) is 30.3 Å². The van der Waals surface area contributed by atoms with Crippen molar-refractivity contribution in [3.63, 3.8) is 0 Å².